The SMILES string of the molecule is Cc1ccc(C(=O)Nc2ccc(N3CCN(C(=O)C(C)C)CC3)cc2)cc1Cl. The van der Waals surface area contributed by atoms with E-state index >= 15 is 0 Å². The van der Waals surface area contributed by atoms with Crippen LogP contribution in [0.5, 0.6) is 0 Å². The van der Waals surface area contributed by atoms with Gasteiger partial charge in [0.15, 0.2) is 0 Å². The number of nitrogens with zero attached hydrogens (tertiary/aromatic N) is 2. The second-order valence-corrected chi connectivity index (χ2v) is 7.84. The standard InChI is InChI=1S/C22H26ClN3O2/c1-15(2)22(28)26-12-10-25(11-13-26)19-8-6-18(7-9-19)24-21(27)17-5-4-16(3)20(23)14-17/h4-9,14-15H,10-13H2,1-3H3,(H,24,27). The molecule has 0 aromatic heterocycles. The van der Waals surface area contributed by atoms with Gasteiger partial charge in [0.25, 0.3) is 5.91 Å². The van der Waals surface area contributed by atoms with Crippen LogP contribution in [0.1, 0.15) is 29.8 Å². The molecule has 0 unspecified atom stereocenters. The molecule has 1 aliphatic heterocycles. The highest BCUT2D eigenvalue weighted by atomic mass is 35.5. The zero-order valence-corrected chi connectivity index (χ0v) is 17.3. The largest absolute Gasteiger partial charge is 0.368 e. The second-order valence-electron chi connectivity index (χ2n) is 7.43. The average molecular weight is 400 g/mol. The van der Waals surface area contributed by atoms with Crippen LogP contribution in [0.3, 0.4) is 0 Å². The van der Waals surface area contributed by atoms with E-state index in [0.717, 1.165) is 43.1 Å². The molecule has 0 atom stereocenters. The fraction of sp³-hybridized carbons (Fsp3) is 0.364. The van der Waals surface area contributed by atoms with Crippen molar-refractivity contribution in [2.45, 2.75) is 20.8 Å². The number of halogens is 1. The van der Waals surface area contributed by atoms with E-state index in [4.69, 9.17) is 11.6 Å². The molecule has 148 valence electrons. The number of amides is 2. The number of hydrogen-bond donors (Lipinski definition) is 1. The van der Waals surface area contributed by atoms with Crippen LogP contribution < -0.4 is 10.2 Å². The maximum atomic E-state index is 12.4. The van der Waals surface area contributed by atoms with Crippen molar-refractivity contribution in [3.63, 3.8) is 0 Å². The normalized spacial score (nSPS) is 14.3. The summed E-state index contributed by atoms with van der Waals surface area (Å²) >= 11 is 6.10. The molecule has 0 bridgehead atoms. The summed E-state index contributed by atoms with van der Waals surface area (Å²) in [6.45, 7) is 8.88. The van der Waals surface area contributed by atoms with Crippen LogP contribution in [0.25, 0.3) is 0 Å². The van der Waals surface area contributed by atoms with Gasteiger partial charge in [0, 0.05) is 54.1 Å². The summed E-state index contributed by atoms with van der Waals surface area (Å²) in [4.78, 5) is 28.7. The number of benzene rings is 2. The molecule has 1 fully saturated rings. The molecule has 2 aromatic carbocycles. The van der Waals surface area contributed by atoms with E-state index in [0.29, 0.717) is 10.6 Å². The molecule has 2 amide bonds. The number of carbonyl (C=O) groups is 2. The van der Waals surface area contributed by atoms with Gasteiger partial charge in [-0.25, -0.2) is 0 Å². The van der Waals surface area contributed by atoms with Gasteiger partial charge in [0.05, 0.1) is 0 Å². The minimum atomic E-state index is -0.185. The Morgan fingerprint density at radius 2 is 1.64 bits per heavy atom. The van der Waals surface area contributed by atoms with Gasteiger partial charge in [-0.1, -0.05) is 31.5 Å². The Balaban J connectivity index is 1.59. The zero-order valence-electron chi connectivity index (χ0n) is 16.5. The number of carbonyl (C=O) groups excluding carboxylic acids is 2. The Labute approximate surface area is 171 Å². The Hall–Kier alpha value is -2.53. The molecule has 0 radical (unpaired) electrons. The first-order valence-electron chi connectivity index (χ1n) is 9.56. The van der Waals surface area contributed by atoms with E-state index < -0.39 is 0 Å². The van der Waals surface area contributed by atoms with Crippen molar-refractivity contribution in [3.8, 4) is 0 Å². The predicted octanol–water partition coefficient (Wildman–Crippen LogP) is 4.21. The van der Waals surface area contributed by atoms with Crippen molar-refractivity contribution in [2.75, 3.05) is 36.4 Å². The summed E-state index contributed by atoms with van der Waals surface area (Å²) in [6, 6.07) is 13.1. The molecular formula is C22H26ClN3O2. The number of aryl methyl sites for hydroxylation is 1. The molecule has 0 aliphatic carbocycles. The van der Waals surface area contributed by atoms with Crippen molar-refractivity contribution in [3.05, 3.63) is 58.6 Å². The van der Waals surface area contributed by atoms with E-state index in [1.807, 2.05) is 56.0 Å². The van der Waals surface area contributed by atoms with Gasteiger partial charge >= 0.3 is 0 Å². The molecule has 1 saturated heterocycles. The van der Waals surface area contributed by atoms with E-state index in [1.54, 1.807) is 12.1 Å². The highest BCUT2D eigenvalue weighted by molar-refractivity contribution is 6.31. The third-order valence-corrected chi connectivity index (χ3v) is 5.42. The zero-order chi connectivity index (χ0) is 20.3. The van der Waals surface area contributed by atoms with Crippen LogP contribution in [0.15, 0.2) is 42.5 Å². The van der Waals surface area contributed by atoms with E-state index in [-0.39, 0.29) is 17.7 Å². The molecule has 2 aromatic rings. The summed E-state index contributed by atoms with van der Waals surface area (Å²) in [5.41, 5.74) is 3.30. The molecular weight excluding hydrogens is 374 g/mol. The number of rotatable bonds is 4. The lowest BCUT2D eigenvalue weighted by Crippen LogP contribution is -2.49. The molecule has 6 heteroatoms. The lowest BCUT2D eigenvalue weighted by Gasteiger charge is -2.37. The predicted molar refractivity (Wildman–Crippen MR) is 114 cm³/mol. The van der Waals surface area contributed by atoms with Gasteiger partial charge in [-0.2, -0.15) is 0 Å². The minimum absolute atomic E-state index is 0.0397. The topological polar surface area (TPSA) is 52.7 Å². The van der Waals surface area contributed by atoms with Crippen molar-refractivity contribution < 1.29 is 9.59 Å². The number of nitrogens with one attached hydrogen (secondary N) is 1. The van der Waals surface area contributed by atoms with Crippen LogP contribution >= 0.6 is 11.6 Å². The first kappa shape index (κ1) is 20.2. The van der Waals surface area contributed by atoms with Crippen LogP contribution in [0.4, 0.5) is 11.4 Å². The third kappa shape index (κ3) is 4.65. The van der Waals surface area contributed by atoms with Crippen LogP contribution in [-0.2, 0) is 4.79 Å². The van der Waals surface area contributed by atoms with Crippen molar-refractivity contribution in [1.82, 2.24) is 4.90 Å². The molecule has 1 N–H and O–H groups in total. The van der Waals surface area contributed by atoms with Gasteiger partial charge in [-0.3, -0.25) is 9.59 Å². The number of piperazine rings is 1. The first-order valence-corrected chi connectivity index (χ1v) is 9.94. The molecule has 1 aliphatic rings. The van der Waals surface area contributed by atoms with E-state index in [1.165, 1.54) is 0 Å². The molecule has 5 nitrogen and oxygen atoms in total. The smallest absolute Gasteiger partial charge is 0.255 e. The number of hydrogen-bond acceptors (Lipinski definition) is 3. The molecule has 0 spiro atoms. The molecule has 0 saturated carbocycles. The summed E-state index contributed by atoms with van der Waals surface area (Å²) < 4.78 is 0. The fourth-order valence-corrected chi connectivity index (χ4v) is 3.42. The van der Waals surface area contributed by atoms with Gasteiger partial charge in [0.1, 0.15) is 0 Å². The Morgan fingerprint density at radius 3 is 2.21 bits per heavy atom. The van der Waals surface area contributed by atoms with Gasteiger partial charge < -0.3 is 15.1 Å². The van der Waals surface area contributed by atoms with Crippen molar-refractivity contribution in [2.24, 2.45) is 5.92 Å². The lowest BCUT2D eigenvalue weighted by molar-refractivity contribution is -0.134. The van der Waals surface area contributed by atoms with Crippen molar-refractivity contribution in [1.29, 1.82) is 0 Å². The van der Waals surface area contributed by atoms with E-state index in [9.17, 15) is 9.59 Å². The quantitative estimate of drug-likeness (QED) is 0.838. The summed E-state index contributed by atoms with van der Waals surface area (Å²) in [6.07, 6.45) is 0. The van der Waals surface area contributed by atoms with Crippen LogP contribution in [-0.4, -0.2) is 42.9 Å². The average Bonchev–Trinajstić information content (AvgIpc) is 2.70. The Bertz CT molecular complexity index is 857. The van der Waals surface area contributed by atoms with Crippen LogP contribution in [0, 0.1) is 12.8 Å². The molecule has 1 heterocycles. The fourth-order valence-electron chi connectivity index (χ4n) is 3.24. The highest BCUT2D eigenvalue weighted by Gasteiger charge is 2.22. The van der Waals surface area contributed by atoms with Crippen molar-refractivity contribution >= 4 is 34.8 Å². The van der Waals surface area contributed by atoms with Gasteiger partial charge in [-0.05, 0) is 48.9 Å². The molecule has 28 heavy (non-hydrogen) atoms. The van der Waals surface area contributed by atoms with Gasteiger partial charge in [-0.15, -0.1) is 0 Å². The van der Waals surface area contributed by atoms with Crippen LogP contribution in [0.2, 0.25) is 5.02 Å². The second kappa shape index (κ2) is 8.65. The number of anilines is 2. The Kier molecular flexibility index (Phi) is 6.25. The van der Waals surface area contributed by atoms with Gasteiger partial charge in [0.2, 0.25) is 5.91 Å². The summed E-state index contributed by atoms with van der Waals surface area (Å²) in [7, 11) is 0. The minimum Gasteiger partial charge on any atom is -0.368 e. The summed E-state index contributed by atoms with van der Waals surface area (Å²) in [5.74, 6) is 0.0715. The maximum absolute atomic E-state index is 12.4. The lowest BCUT2D eigenvalue weighted by atomic mass is 10.1. The Morgan fingerprint density at radius 1 is 1.00 bits per heavy atom. The highest BCUT2D eigenvalue weighted by Crippen LogP contribution is 2.22. The maximum Gasteiger partial charge on any atom is 0.255 e. The first-order chi connectivity index (χ1) is 13.3. The third-order valence-electron chi connectivity index (χ3n) is 5.01. The monoisotopic (exact) mass is 399 g/mol. The summed E-state index contributed by atoms with van der Waals surface area (Å²) in [5, 5.41) is 3.48. The molecule has 3 rings (SSSR count). The van der Waals surface area contributed by atoms with E-state index in [2.05, 4.69) is 10.2 Å².